The molecule has 0 aliphatic heterocycles. The molecule has 0 spiro atoms. The second-order valence-corrected chi connectivity index (χ2v) is 5.58. The van der Waals surface area contributed by atoms with Crippen molar-refractivity contribution < 1.29 is 13.5 Å². The predicted octanol–water partition coefficient (Wildman–Crippen LogP) is 0.533. The van der Waals surface area contributed by atoms with Crippen molar-refractivity contribution in [3.05, 3.63) is 17.7 Å². The van der Waals surface area contributed by atoms with Gasteiger partial charge in [0.2, 0.25) is 10.0 Å². The van der Waals surface area contributed by atoms with Crippen LogP contribution < -0.4 is 5.73 Å². The van der Waals surface area contributed by atoms with Crippen LogP contribution in [0.5, 0.6) is 5.75 Å². The lowest BCUT2D eigenvalue weighted by molar-refractivity contribution is 0.474. The highest BCUT2D eigenvalue weighted by atomic mass is 32.2. The molecule has 0 bridgehead atoms. The molecule has 15 heavy (non-hydrogen) atoms. The fourth-order valence-electron chi connectivity index (χ4n) is 1.17. The van der Waals surface area contributed by atoms with Gasteiger partial charge >= 0.3 is 0 Å². The lowest BCUT2D eigenvalue weighted by Crippen LogP contribution is -2.23. The number of nitrogens with two attached hydrogens (primary N) is 1. The van der Waals surface area contributed by atoms with Gasteiger partial charge in [-0.3, -0.25) is 0 Å². The van der Waals surface area contributed by atoms with Crippen LogP contribution in [-0.2, 0) is 10.0 Å². The molecule has 0 aliphatic rings. The molecule has 0 unspecified atom stereocenters. The lowest BCUT2D eigenvalue weighted by Gasteiger charge is -2.14. The summed E-state index contributed by atoms with van der Waals surface area (Å²) in [5.41, 5.74) is 6.13. The van der Waals surface area contributed by atoms with Crippen LogP contribution in [0.3, 0.4) is 0 Å². The van der Waals surface area contributed by atoms with Gasteiger partial charge in [0.15, 0.2) is 0 Å². The second kappa shape index (κ2) is 3.71. The normalized spacial score (nSPS) is 12.0. The quantitative estimate of drug-likeness (QED) is 0.573. The summed E-state index contributed by atoms with van der Waals surface area (Å²) in [4.78, 5) is 0.0687. The van der Waals surface area contributed by atoms with Crippen LogP contribution in [-0.4, -0.2) is 31.9 Å². The van der Waals surface area contributed by atoms with Gasteiger partial charge < -0.3 is 10.8 Å². The zero-order valence-electron chi connectivity index (χ0n) is 8.85. The molecule has 0 amide bonds. The first-order chi connectivity index (χ1) is 6.76. The van der Waals surface area contributed by atoms with Crippen LogP contribution in [0.2, 0.25) is 0 Å². The third-order valence-corrected chi connectivity index (χ3v) is 4.04. The van der Waals surface area contributed by atoms with E-state index in [1.54, 1.807) is 6.92 Å². The average molecular weight is 230 g/mol. The van der Waals surface area contributed by atoms with Crippen LogP contribution in [0.1, 0.15) is 5.56 Å². The number of hydrogen-bond acceptors (Lipinski definition) is 4. The van der Waals surface area contributed by atoms with E-state index in [-0.39, 0.29) is 16.3 Å². The number of phenolic OH excluding ortho intramolecular Hbond substituents is 1. The maximum atomic E-state index is 11.8. The highest BCUT2D eigenvalue weighted by Crippen LogP contribution is 2.28. The molecule has 0 atom stereocenters. The van der Waals surface area contributed by atoms with Crippen LogP contribution in [0.4, 0.5) is 5.69 Å². The number of aryl methyl sites for hydroxylation is 1. The Morgan fingerprint density at radius 1 is 1.33 bits per heavy atom. The van der Waals surface area contributed by atoms with Crippen molar-refractivity contribution in [2.24, 2.45) is 0 Å². The molecule has 0 aromatic heterocycles. The van der Waals surface area contributed by atoms with Crippen molar-refractivity contribution in [1.82, 2.24) is 4.31 Å². The SMILES string of the molecule is Cc1cc(N)c(O)cc1S(=O)(=O)N(C)C. The van der Waals surface area contributed by atoms with E-state index in [1.807, 2.05) is 0 Å². The highest BCUT2D eigenvalue weighted by Gasteiger charge is 2.20. The summed E-state index contributed by atoms with van der Waals surface area (Å²) in [6.07, 6.45) is 0. The van der Waals surface area contributed by atoms with Crippen LogP contribution in [0.15, 0.2) is 17.0 Å². The van der Waals surface area contributed by atoms with E-state index in [4.69, 9.17) is 5.73 Å². The second-order valence-electron chi connectivity index (χ2n) is 3.46. The fourth-order valence-corrected chi connectivity index (χ4v) is 2.29. The Morgan fingerprint density at radius 2 is 1.87 bits per heavy atom. The summed E-state index contributed by atoms with van der Waals surface area (Å²) >= 11 is 0. The topological polar surface area (TPSA) is 83.6 Å². The molecule has 0 fully saturated rings. The number of phenols is 1. The van der Waals surface area contributed by atoms with Crippen molar-refractivity contribution in [3.63, 3.8) is 0 Å². The third-order valence-electron chi connectivity index (χ3n) is 2.08. The summed E-state index contributed by atoms with van der Waals surface area (Å²) < 4.78 is 24.7. The molecule has 84 valence electrons. The first-order valence-corrected chi connectivity index (χ1v) is 5.72. The molecule has 0 radical (unpaired) electrons. The number of nitrogens with zero attached hydrogens (tertiary/aromatic N) is 1. The van der Waals surface area contributed by atoms with E-state index in [9.17, 15) is 13.5 Å². The number of aromatic hydroxyl groups is 1. The summed E-state index contributed by atoms with van der Waals surface area (Å²) in [7, 11) is -0.664. The number of sulfonamides is 1. The number of anilines is 1. The van der Waals surface area contributed by atoms with Crippen molar-refractivity contribution in [2.75, 3.05) is 19.8 Å². The maximum Gasteiger partial charge on any atom is 0.242 e. The summed E-state index contributed by atoms with van der Waals surface area (Å²) in [6.45, 7) is 1.63. The minimum absolute atomic E-state index is 0.0687. The summed E-state index contributed by atoms with van der Waals surface area (Å²) in [5, 5.41) is 9.36. The van der Waals surface area contributed by atoms with Crippen molar-refractivity contribution >= 4 is 15.7 Å². The van der Waals surface area contributed by atoms with Crippen LogP contribution in [0.25, 0.3) is 0 Å². The van der Waals surface area contributed by atoms with Gasteiger partial charge in [-0.2, -0.15) is 0 Å². The van der Waals surface area contributed by atoms with Gasteiger partial charge in [-0.1, -0.05) is 0 Å². The summed E-state index contributed by atoms with van der Waals surface area (Å²) in [6, 6.07) is 2.60. The minimum atomic E-state index is -3.53. The lowest BCUT2D eigenvalue weighted by atomic mass is 10.2. The zero-order chi connectivity index (χ0) is 11.8. The standard InChI is InChI=1S/C9H14N2O3S/c1-6-4-7(10)8(12)5-9(6)15(13,14)11(2)3/h4-5,12H,10H2,1-3H3. The molecule has 0 saturated carbocycles. The van der Waals surface area contributed by atoms with Crippen molar-refractivity contribution in [2.45, 2.75) is 11.8 Å². The molecular weight excluding hydrogens is 216 g/mol. The number of nitrogen functional groups attached to an aromatic ring is 1. The largest absolute Gasteiger partial charge is 0.506 e. The van der Waals surface area contributed by atoms with Gasteiger partial charge in [0.1, 0.15) is 5.75 Å². The van der Waals surface area contributed by atoms with Crippen LogP contribution >= 0.6 is 0 Å². The Hall–Kier alpha value is -1.27. The Morgan fingerprint density at radius 3 is 2.33 bits per heavy atom. The number of hydrogen-bond donors (Lipinski definition) is 2. The Kier molecular flexibility index (Phi) is 2.92. The van der Waals surface area contributed by atoms with Crippen molar-refractivity contribution in [3.8, 4) is 5.75 Å². The highest BCUT2D eigenvalue weighted by molar-refractivity contribution is 7.89. The summed E-state index contributed by atoms with van der Waals surface area (Å²) in [5.74, 6) is -0.221. The number of rotatable bonds is 2. The molecule has 0 heterocycles. The first kappa shape index (κ1) is 11.8. The Balaban J connectivity index is 3.46. The van der Waals surface area contributed by atoms with Crippen LogP contribution in [0, 0.1) is 6.92 Å². The van der Waals surface area contributed by atoms with Gasteiger partial charge in [0.25, 0.3) is 0 Å². The molecule has 1 aromatic carbocycles. The van der Waals surface area contributed by atoms with E-state index >= 15 is 0 Å². The average Bonchev–Trinajstić information content (AvgIpc) is 2.10. The van der Waals surface area contributed by atoms with E-state index < -0.39 is 10.0 Å². The van der Waals surface area contributed by atoms with E-state index in [2.05, 4.69) is 0 Å². The molecule has 6 heteroatoms. The fraction of sp³-hybridized carbons (Fsp3) is 0.333. The van der Waals surface area contributed by atoms with Gasteiger partial charge in [-0.05, 0) is 18.6 Å². The smallest absolute Gasteiger partial charge is 0.242 e. The molecular formula is C9H14N2O3S. The van der Waals surface area contributed by atoms with Crippen molar-refractivity contribution in [1.29, 1.82) is 0 Å². The molecule has 1 rings (SSSR count). The Bertz CT molecular complexity index is 480. The van der Waals surface area contributed by atoms with Gasteiger partial charge in [-0.25, -0.2) is 12.7 Å². The maximum absolute atomic E-state index is 11.8. The molecule has 0 aliphatic carbocycles. The van der Waals surface area contributed by atoms with E-state index in [1.165, 1.54) is 26.2 Å². The minimum Gasteiger partial charge on any atom is -0.506 e. The molecule has 0 saturated heterocycles. The monoisotopic (exact) mass is 230 g/mol. The first-order valence-electron chi connectivity index (χ1n) is 4.28. The molecule has 1 aromatic rings. The molecule has 5 nitrogen and oxygen atoms in total. The zero-order valence-corrected chi connectivity index (χ0v) is 9.67. The predicted molar refractivity (Wildman–Crippen MR) is 58.1 cm³/mol. The van der Waals surface area contributed by atoms with E-state index in [0.29, 0.717) is 5.56 Å². The Labute approximate surface area is 89.2 Å². The number of benzene rings is 1. The third kappa shape index (κ3) is 2.05. The van der Waals surface area contributed by atoms with Gasteiger partial charge in [0, 0.05) is 20.2 Å². The van der Waals surface area contributed by atoms with E-state index in [0.717, 1.165) is 4.31 Å². The van der Waals surface area contributed by atoms with Gasteiger partial charge in [-0.15, -0.1) is 0 Å². The molecule has 3 N–H and O–H groups in total. The van der Waals surface area contributed by atoms with Gasteiger partial charge in [0.05, 0.1) is 10.6 Å².